The Labute approximate surface area is 73.4 Å². The molecule has 1 aliphatic rings. The first kappa shape index (κ1) is 7.00. The standard InChI is InChI=1S/C6H5Cl2N3/c7-4-1-3-5(6(8)11-4)10-2-9-3/h1-2,6,11H,(H,9,10). The van der Waals surface area contributed by atoms with Crippen molar-refractivity contribution in [2.24, 2.45) is 0 Å². The molecule has 0 saturated heterocycles. The number of aromatic amines is 1. The molecule has 0 amide bonds. The summed E-state index contributed by atoms with van der Waals surface area (Å²) in [6, 6.07) is 0. The molecule has 11 heavy (non-hydrogen) atoms. The predicted molar refractivity (Wildman–Crippen MR) is 44.1 cm³/mol. The normalized spacial score (nSPS) is 22.0. The van der Waals surface area contributed by atoms with Crippen LogP contribution < -0.4 is 5.32 Å². The van der Waals surface area contributed by atoms with E-state index in [-0.39, 0.29) is 5.50 Å². The first-order valence-corrected chi connectivity index (χ1v) is 3.90. The second-order valence-corrected chi connectivity index (χ2v) is 3.04. The number of rotatable bonds is 0. The molecule has 3 nitrogen and oxygen atoms in total. The van der Waals surface area contributed by atoms with Gasteiger partial charge in [-0.1, -0.05) is 23.2 Å². The van der Waals surface area contributed by atoms with Gasteiger partial charge in [-0.25, -0.2) is 4.98 Å². The molecule has 1 atom stereocenters. The number of imidazole rings is 1. The zero-order valence-electron chi connectivity index (χ0n) is 5.44. The van der Waals surface area contributed by atoms with Gasteiger partial charge in [-0.15, -0.1) is 0 Å². The Bertz CT molecular complexity index is 305. The van der Waals surface area contributed by atoms with Crippen LogP contribution in [0.15, 0.2) is 11.5 Å². The van der Waals surface area contributed by atoms with Crippen LogP contribution in [0.1, 0.15) is 16.9 Å². The summed E-state index contributed by atoms with van der Waals surface area (Å²) >= 11 is 11.6. The molecule has 1 aliphatic heterocycles. The van der Waals surface area contributed by atoms with Gasteiger partial charge in [-0.2, -0.15) is 0 Å². The lowest BCUT2D eigenvalue weighted by Crippen LogP contribution is -2.17. The minimum atomic E-state index is -0.301. The fraction of sp³-hybridized carbons (Fsp3) is 0.167. The van der Waals surface area contributed by atoms with Crippen molar-refractivity contribution in [3.63, 3.8) is 0 Å². The van der Waals surface area contributed by atoms with Crippen molar-refractivity contribution in [2.45, 2.75) is 5.50 Å². The predicted octanol–water partition coefficient (Wildman–Crippen LogP) is 1.79. The van der Waals surface area contributed by atoms with Crippen molar-refractivity contribution in [1.82, 2.24) is 15.3 Å². The van der Waals surface area contributed by atoms with Gasteiger partial charge in [0.1, 0.15) is 10.7 Å². The Balaban J connectivity index is 2.51. The molecule has 0 bridgehead atoms. The molecule has 0 saturated carbocycles. The third-order valence-corrected chi connectivity index (χ3v) is 2.03. The number of hydrogen-bond acceptors (Lipinski definition) is 2. The molecular formula is C6H5Cl2N3. The van der Waals surface area contributed by atoms with E-state index < -0.39 is 0 Å². The third-order valence-electron chi connectivity index (χ3n) is 1.48. The number of halogens is 2. The number of aromatic nitrogens is 2. The summed E-state index contributed by atoms with van der Waals surface area (Å²) in [4.78, 5) is 6.94. The maximum atomic E-state index is 5.88. The maximum Gasteiger partial charge on any atom is 0.145 e. The number of alkyl halides is 1. The van der Waals surface area contributed by atoms with E-state index in [9.17, 15) is 0 Å². The molecule has 1 unspecified atom stereocenters. The minimum absolute atomic E-state index is 0.301. The van der Waals surface area contributed by atoms with Crippen molar-refractivity contribution < 1.29 is 0 Å². The molecule has 0 aromatic carbocycles. The van der Waals surface area contributed by atoms with Crippen LogP contribution in [0.25, 0.3) is 6.08 Å². The molecule has 1 aromatic heterocycles. The topological polar surface area (TPSA) is 40.7 Å². The average molecular weight is 190 g/mol. The molecule has 2 heterocycles. The monoisotopic (exact) mass is 189 g/mol. The van der Waals surface area contributed by atoms with E-state index in [1.165, 1.54) is 0 Å². The minimum Gasteiger partial charge on any atom is -0.355 e. The van der Waals surface area contributed by atoms with Gasteiger partial charge in [0.25, 0.3) is 0 Å². The van der Waals surface area contributed by atoms with Gasteiger partial charge in [0.2, 0.25) is 0 Å². The molecule has 1 aromatic rings. The van der Waals surface area contributed by atoms with E-state index in [1.807, 2.05) is 0 Å². The molecule has 2 rings (SSSR count). The fourth-order valence-electron chi connectivity index (χ4n) is 0.988. The van der Waals surface area contributed by atoms with E-state index in [0.717, 1.165) is 11.4 Å². The molecule has 5 heteroatoms. The van der Waals surface area contributed by atoms with E-state index in [2.05, 4.69) is 15.3 Å². The molecular weight excluding hydrogens is 185 g/mol. The summed E-state index contributed by atoms with van der Waals surface area (Å²) in [6.07, 6.45) is 3.32. The fourth-order valence-corrected chi connectivity index (χ4v) is 1.55. The molecule has 2 N–H and O–H groups in total. The van der Waals surface area contributed by atoms with Crippen LogP contribution in [-0.4, -0.2) is 9.97 Å². The van der Waals surface area contributed by atoms with Gasteiger partial charge < -0.3 is 10.3 Å². The van der Waals surface area contributed by atoms with Gasteiger partial charge >= 0.3 is 0 Å². The van der Waals surface area contributed by atoms with Crippen LogP contribution in [0.4, 0.5) is 0 Å². The van der Waals surface area contributed by atoms with Crippen LogP contribution in [0.3, 0.4) is 0 Å². The second kappa shape index (κ2) is 2.43. The Hall–Kier alpha value is -0.670. The van der Waals surface area contributed by atoms with E-state index in [4.69, 9.17) is 23.2 Å². The molecule has 58 valence electrons. The lowest BCUT2D eigenvalue weighted by atomic mass is 10.2. The Kier molecular flexibility index (Phi) is 1.55. The zero-order valence-corrected chi connectivity index (χ0v) is 6.95. The summed E-state index contributed by atoms with van der Waals surface area (Å²) in [6.45, 7) is 0. The Morgan fingerprint density at radius 2 is 2.36 bits per heavy atom. The summed E-state index contributed by atoms with van der Waals surface area (Å²) < 4.78 is 0. The summed E-state index contributed by atoms with van der Waals surface area (Å²) in [5.41, 5.74) is 1.36. The maximum absolute atomic E-state index is 5.88. The SMILES string of the molecule is ClC1=Cc2nc[nH]c2C(Cl)N1. The van der Waals surface area contributed by atoms with Gasteiger partial charge in [0.15, 0.2) is 0 Å². The smallest absolute Gasteiger partial charge is 0.145 e. The quantitative estimate of drug-likeness (QED) is 0.483. The van der Waals surface area contributed by atoms with Gasteiger partial charge in [-0.3, -0.25) is 0 Å². The summed E-state index contributed by atoms with van der Waals surface area (Å²) in [7, 11) is 0. The zero-order chi connectivity index (χ0) is 7.84. The van der Waals surface area contributed by atoms with E-state index in [1.54, 1.807) is 12.4 Å². The van der Waals surface area contributed by atoms with Crippen LogP contribution in [0.2, 0.25) is 0 Å². The number of nitrogens with one attached hydrogen (secondary N) is 2. The largest absolute Gasteiger partial charge is 0.355 e. The van der Waals surface area contributed by atoms with E-state index >= 15 is 0 Å². The van der Waals surface area contributed by atoms with Crippen molar-refractivity contribution in [3.05, 3.63) is 22.9 Å². The van der Waals surface area contributed by atoms with Gasteiger partial charge in [-0.05, 0) is 0 Å². The first-order valence-electron chi connectivity index (χ1n) is 3.08. The van der Waals surface area contributed by atoms with Crippen molar-refractivity contribution in [1.29, 1.82) is 0 Å². The van der Waals surface area contributed by atoms with Crippen molar-refractivity contribution in [3.8, 4) is 0 Å². The van der Waals surface area contributed by atoms with Crippen LogP contribution in [0.5, 0.6) is 0 Å². The molecule has 0 aliphatic carbocycles. The van der Waals surface area contributed by atoms with Gasteiger partial charge in [0.05, 0.1) is 17.7 Å². The second-order valence-electron chi connectivity index (χ2n) is 2.20. The number of nitrogens with zero attached hydrogens (tertiary/aromatic N) is 1. The Morgan fingerprint density at radius 1 is 1.55 bits per heavy atom. The molecule has 0 radical (unpaired) electrons. The number of fused-ring (bicyclic) bond motifs is 1. The average Bonchev–Trinajstić information content (AvgIpc) is 2.34. The highest BCUT2D eigenvalue weighted by Gasteiger charge is 2.18. The number of H-pyrrole nitrogens is 1. The lowest BCUT2D eigenvalue weighted by molar-refractivity contribution is 0.783. The van der Waals surface area contributed by atoms with Crippen molar-refractivity contribution in [2.75, 3.05) is 0 Å². The van der Waals surface area contributed by atoms with Crippen LogP contribution in [-0.2, 0) is 0 Å². The molecule has 0 fully saturated rings. The highest BCUT2D eigenvalue weighted by Crippen LogP contribution is 2.26. The number of hydrogen-bond donors (Lipinski definition) is 2. The highest BCUT2D eigenvalue weighted by molar-refractivity contribution is 6.32. The van der Waals surface area contributed by atoms with E-state index in [0.29, 0.717) is 5.16 Å². The van der Waals surface area contributed by atoms with Crippen LogP contribution >= 0.6 is 23.2 Å². The first-order chi connectivity index (χ1) is 5.27. The highest BCUT2D eigenvalue weighted by atomic mass is 35.5. The molecule has 0 spiro atoms. The van der Waals surface area contributed by atoms with Gasteiger partial charge in [0, 0.05) is 6.08 Å². The Morgan fingerprint density at radius 3 is 3.18 bits per heavy atom. The lowest BCUT2D eigenvalue weighted by Gasteiger charge is -2.15. The third kappa shape index (κ3) is 1.10. The summed E-state index contributed by atoms with van der Waals surface area (Å²) in [5.74, 6) is 0. The van der Waals surface area contributed by atoms with Crippen LogP contribution in [0, 0.1) is 0 Å². The summed E-state index contributed by atoms with van der Waals surface area (Å²) in [5, 5.41) is 3.36. The van der Waals surface area contributed by atoms with Crippen molar-refractivity contribution >= 4 is 29.3 Å².